The lowest BCUT2D eigenvalue weighted by molar-refractivity contribution is -0.116. The molecule has 3 rings (SSSR count). The zero-order valence-corrected chi connectivity index (χ0v) is 13.9. The number of aryl methyl sites for hydroxylation is 1. The molecule has 1 heterocycles. The largest absolute Gasteiger partial charge is 0.486 e. The Balaban J connectivity index is 1.62. The third-order valence-corrected chi connectivity index (χ3v) is 4.12. The van der Waals surface area contributed by atoms with Crippen molar-refractivity contribution < 1.29 is 18.7 Å². The van der Waals surface area contributed by atoms with E-state index in [0.29, 0.717) is 43.2 Å². The number of rotatable bonds is 4. The molecule has 0 aromatic heterocycles. The molecule has 1 aliphatic heterocycles. The molecule has 0 spiro atoms. The van der Waals surface area contributed by atoms with Gasteiger partial charge < -0.3 is 14.8 Å². The Morgan fingerprint density at radius 1 is 1.13 bits per heavy atom. The molecule has 0 saturated heterocycles. The summed E-state index contributed by atoms with van der Waals surface area (Å²) in [4.78, 5) is 12.1. The Morgan fingerprint density at radius 3 is 2.48 bits per heavy atom. The molecule has 1 amide bonds. The van der Waals surface area contributed by atoms with Gasteiger partial charge in [-0.15, -0.1) is 0 Å². The number of hydrogen-bond acceptors (Lipinski definition) is 3. The minimum atomic E-state index is -0.279. The second-order valence-electron chi connectivity index (χ2n) is 5.15. The summed E-state index contributed by atoms with van der Waals surface area (Å²) < 4.78 is 24.6. The van der Waals surface area contributed by atoms with E-state index in [2.05, 4.69) is 21.2 Å². The average Bonchev–Trinajstić information content (AvgIpc) is 2.55. The summed E-state index contributed by atoms with van der Waals surface area (Å²) in [7, 11) is 0. The van der Waals surface area contributed by atoms with Crippen LogP contribution >= 0.6 is 15.9 Å². The van der Waals surface area contributed by atoms with E-state index in [9.17, 15) is 9.18 Å². The summed E-state index contributed by atoms with van der Waals surface area (Å²) in [5.74, 6) is 0.880. The van der Waals surface area contributed by atoms with Crippen LogP contribution in [0.5, 0.6) is 11.5 Å². The molecule has 0 bridgehead atoms. The lowest BCUT2D eigenvalue weighted by atomic mass is 10.1. The van der Waals surface area contributed by atoms with Crippen molar-refractivity contribution in [3.8, 4) is 11.5 Å². The third kappa shape index (κ3) is 4.01. The van der Waals surface area contributed by atoms with E-state index >= 15 is 0 Å². The van der Waals surface area contributed by atoms with Crippen LogP contribution in [-0.2, 0) is 11.2 Å². The van der Waals surface area contributed by atoms with Crippen LogP contribution in [0.2, 0.25) is 0 Å². The second kappa shape index (κ2) is 7.00. The van der Waals surface area contributed by atoms with Crippen LogP contribution in [0.3, 0.4) is 0 Å². The summed E-state index contributed by atoms with van der Waals surface area (Å²) >= 11 is 3.42. The van der Waals surface area contributed by atoms with Crippen molar-refractivity contribution in [1.82, 2.24) is 0 Å². The van der Waals surface area contributed by atoms with Gasteiger partial charge in [-0.2, -0.15) is 0 Å². The van der Waals surface area contributed by atoms with Crippen molar-refractivity contribution in [1.29, 1.82) is 0 Å². The minimum absolute atomic E-state index is 0.119. The number of carbonyl (C=O) groups is 1. The highest BCUT2D eigenvalue weighted by Crippen LogP contribution is 2.38. The Labute approximate surface area is 141 Å². The van der Waals surface area contributed by atoms with Crippen molar-refractivity contribution in [3.05, 3.63) is 52.3 Å². The lowest BCUT2D eigenvalue weighted by Crippen LogP contribution is -2.17. The molecule has 1 N–H and O–H groups in total. The monoisotopic (exact) mass is 379 g/mol. The molecule has 2 aromatic carbocycles. The summed E-state index contributed by atoms with van der Waals surface area (Å²) in [5, 5.41) is 2.85. The molecular formula is C17H15BrFNO3. The van der Waals surface area contributed by atoms with Gasteiger partial charge in [0.2, 0.25) is 5.91 Å². The highest BCUT2D eigenvalue weighted by Gasteiger charge is 2.16. The van der Waals surface area contributed by atoms with Crippen molar-refractivity contribution in [3.63, 3.8) is 0 Å². The number of halogens is 2. The normalized spacial score (nSPS) is 12.8. The van der Waals surface area contributed by atoms with Crippen molar-refractivity contribution in [2.45, 2.75) is 12.8 Å². The van der Waals surface area contributed by atoms with Gasteiger partial charge in [0.15, 0.2) is 11.5 Å². The van der Waals surface area contributed by atoms with Crippen LogP contribution in [0.15, 0.2) is 40.9 Å². The molecule has 0 aliphatic carbocycles. The molecule has 0 saturated carbocycles. The Morgan fingerprint density at radius 2 is 1.78 bits per heavy atom. The maximum absolute atomic E-state index is 12.8. The van der Waals surface area contributed by atoms with Crippen LogP contribution in [0.4, 0.5) is 10.1 Å². The molecule has 4 nitrogen and oxygen atoms in total. The van der Waals surface area contributed by atoms with Crippen LogP contribution in [0.1, 0.15) is 12.0 Å². The molecule has 0 unspecified atom stereocenters. The van der Waals surface area contributed by atoms with Crippen molar-refractivity contribution in [2.75, 3.05) is 18.5 Å². The molecule has 6 heteroatoms. The van der Waals surface area contributed by atoms with E-state index < -0.39 is 0 Å². The molecule has 1 aliphatic rings. The quantitative estimate of drug-likeness (QED) is 0.875. The van der Waals surface area contributed by atoms with Gasteiger partial charge in [-0.05, 0) is 40.0 Å². The molecule has 120 valence electrons. The summed E-state index contributed by atoms with van der Waals surface area (Å²) in [6.45, 7) is 1.01. The number of carbonyl (C=O) groups excluding carboxylic acids is 1. The lowest BCUT2D eigenvalue weighted by Gasteiger charge is -2.20. The summed E-state index contributed by atoms with van der Waals surface area (Å²) in [6, 6.07) is 9.68. The zero-order chi connectivity index (χ0) is 16.2. The highest BCUT2D eigenvalue weighted by molar-refractivity contribution is 9.10. The first-order valence-electron chi connectivity index (χ1n) is 7.25. The van der Waals surface area contributed by atoms with Crippen LogP contribution in [0, 0.1) is 5.82 Å². The summed E-state index contributed by atoms with van der Waals surface area (Å²) in [5.41, 5.74) is 1.56. The first-order valence-corrected chi connectivity index (χ1v) is 8.04. The van der Waals surface area contributed by atoms with Gasteiger partial charge in [0.1, 0.15) is 19.0 Å². The first-order chi connectivity index (χ1) is 11.1. The van der Waals surface area contributed by atoms with Gasteiger partial charge in [-0.1, -0.05) is 12.1 Å². The standard InChI is InChI=1S/C17H15BrFNO3/c18-13-9-15-16(23-8-7-22-15)10-14(13)20-17(21)6-3-11-1-4-12(19)5-2-11/h1-2,4-5,9-10H,3,6-8H2,(H,20,21). The van der Waals surface area contributed by atoms with Crippen LogP contribution < -0.4 is 14.8 Å². The number of amides is 1. The van der Waals surface area contributed by atoms with E-state index in [1.807, 2.05) is 0 Å². The zero-order valence-electron chi connectivity index (χ0n) is 12.3. The van der Waals surface area contributed by atoms with Crippen LogP contribution in [-0.4, -0.2) is 19.1 Å². The molecular weight excluding hydrogens is 365 g/mol. The number of benzene rings is 2. The van der Waals surface area contributed by atoms with Gasteiger partial charge in [0, 0.05) is 23.0 Å². The summed E-state index contributed by atoms with van der Waals surface area (Å²) in [6.07, 6.45) is 0.862. The Bertz CT molecular complexity index is 719. The number of fused-ring (bicyclic) bond motifs is 1. The predicted molar refractivity (Wildman–Crippen MR) is 88.5 cm³/mol. The molecule has 23 heavy (non-hydrogen) atoms. The maximum atomic E-state index is 12.8. The Kier molecular flexibility index (Phi) is 4.81. The molecule has 0 fully saturated rings. The smallest absolute Gasteiger partial charge is 0.224 e. The van der Waals surface area contributed by atoms with E-state index in [0.717, 1.165) is 10.0 Å². The van der Waals surface area contributed by atoms with Gasteiger partial charge in [-0.3, -0.25) is 4.79 Å². The van der Waals surface area contributed by atoms with Gasteiger partial charge in [0.05, 0.1) is 5.69 Å². The van der Waals surface area contributed by atoms with Gasteiger partial charge in [0.25, 0.3) is 0 Å². The van der Waals surface area contributed by atoms with Crippen molar-refractivity contribution in [2.24, 2.45) is 0 Å². The predicted octanol–water partition coefficient (Wildman–Crippen LogP) is 3.93. The number of ether oxygens (including phenoxy) is 2. The SMILES string of the molecule is O=C(CCc1ccc(F)cc1)Nc1cc2c(cc1Br)OCCO2. The fourth-order valence-electron chi connectivity index (χ4n) is 2.28. The van der Waals surface area contributed by atoms with E-state index in [4.69, 9.17) is 9.47 Å². The topological polar surface area (TPSA) is 47.6 Å². The van der Waals surface area contributed by atoms with E-state index in [-0.39, 0.29) is 11.7 Å². The number of nitrogens with one attached hydrogen (secondary N) is 1. The fraction of sp³-hybridized carbons (Fsp3) is 0.235. The van der Waals surface area contributed by atoms with Gasteiger partial charge >= 0.3 is 0 Å². The van der Waals surface area contributed by atoms with E-state index in [1.165, 1.54) is 12.1 Å². The highest BCUT2D eigenvalue weighted by atomic mass is 79.9. The maximum Gasteiger partial charge on any atom is 0.224 e. The van der Waals surface area contributed by atoms with Crippen LogP contribution in [0.25, 0.3) is 0 Å². The second-order valence-corrected chi connectivity index (χ2v) is 6.00. The Hall–Kier alpha value is -2.08. The molecule has 0 radical (unpaired) electrons. The third-order valence-electron chi connectivity index (χ3n) is 3.46. The van der Waals surface area contributed by atoms with E-state index in [1.54, 1.807) is 24.3 Å². The van der Waals surface area contributed by atoms with Crippen molar-refractivity contribution >= 4 is 27.5 Å². The minimum Gasteiger partial charge on any atom is -0.486 e. The molecule has 0 atom stereocenters. The number of hydrogen-bond donors (Lipinski definition) is 1. The molecule has 2 aromatic rings. The fourth-order valence-corrected chi connectivity index (χ4v) is 2.70. The van der Waals surface area contributed by atoms with Gasteiger partial charge in [-0.25, -0.2) is 4.39 Å². The first kappa shape index (κ1) is 15.8. The number of anilines is 1. The average molecular weight is 380 g/mol.